The quantitative estimate of drug-likeness (QED) is 0.867. The van der Waals surface area contributed by atoms with Crippen LogP contribution in [0.4, 0.5) is 14.7 Å². The van der Waals surface area contributed by atoms with E-state index in [1.54, 1.807) is 0 Å². The van der Waals surface area contributed by atoms with E-state index in [4.69, 9.17) is 10.5 Å². The fourth-order valence-corrected chi connectivity index (χ4v) is 1.39. The Morgan fingerprint density at radius 3 is 2.71 bits per heavy atom. The van der Waals surface area contributed by atoms with Crippen molar-refractivity contribution in [3.8, 4) is 17.0 Å². The summed E-state index contributed by atoms with van der Waals surface area (Å²) in [6.45, 7) is 0. The van der Waals surface area contributed by atoms with Crippen molar-refractivity contribution in [2.24, 2.45) is 0 Å². The fourth-order valence-electron chi connectivity index (χ4n) is 1.39. The molecule has 0 spiro atoms. The third kappa shape index (κ3) is 2.15. The first kappa shape index (κ1) is 11.3. The molecule has 1 heterocycles. The minimum absolute atomic E-state index is 0.0100. The first-order valence-electron chi connectivity index (χ1n) is 4.73. The zero-order valence-electron chi connectivity index (χ0n) is 8.95. The molecule has 0 aliphatic heterocycles. The molecular formula is C11H9F2N3O. The molecule has 0 aliphatic rings. The van der Waals surface area contributed by atoms with Crippen molar-refractivity contribution < 1.29 is 13.5 Å². The summed E-state index contributed by atoms with van der Waals surface area (Å²) in [7, 11) is 1.33. The lowest BCUT2D eigenvalue weighted by molar-refractivity contribution is 0.386. The Morgan fingerprint density at radius 2 is 2.00 bits per heavy atom. The summed E-state index contributed by atoms with van der Waals surface area (Å²) in [5.41, 5.74) is 5.75. The van der Waals surface area contributed by atoms with Gasteiger partial charge in [-0.05, 0) is 18.2 Å². The van der Waals surface area contributed by atoms with Crippen LogP contribution in [-0.2, 0) is 0 Å². The van der Waals surface area contributed by atoms with E-state index in [2.05, 4.69) is 9.97 Å². The van der Waals surface area contributed by atoms with Gasteiger partial charge in [0.15, 0.2) is 17.4 Å². The van der Waals surface area contributed by atoms with E-state index in [9.17, 15) is 8.78 Å². The van der Waals surface area contributed by atoms with Crippen LogP contribution < -0.4 is 10.5 Å². The van der Waals surface area contributed by atoms with E-state index in [0.29, 0.717) is 5.56 Å². The number of methoxy groups -OCH3 is 1. The molecule has 0 radical (unpaired) electrons. The van der Waals surface area contributed by atoms with Crippen molar-refractivity contribution in [1.82, 2.24) is 9.97 Å². The minimum Gasteiger partial charge on any atom is -0.494 e. The van der Waals surface area contributed by atoms with Gasteiger partial charge in [-0.2, -0.15) is 0 Å². The van der Waals surface area contributed by atoms with Crippen molar-refractivity contribution >= 4 is 5.95 Å². The smallest absolute Gasteiger partial charge is 0.220 e. The largest absolute Gasteiger partial charge is 0.494 e. The van der Waals surface area contributed by atoms with Gasteiger partial charge in [0.2, 0.25) is 5.95 Å². The first-order chi connectivity index (χ1) is 8.11. The van der Waals surface area contributed by atoms with Crippen LogP contribution in [0.2, 0.25) is 0 Å². The molecule has 0 amide bonds. The highest BCUT2D eigenvalue weighted by molar-refractivity contribution is 5.62. The van der Waals surface area contributed by atoms with Crippen molar-refractivity contribution in [1.29, 1.82) is 0 Å². The molecule has 0 fully saturated rings. The minimum atomic E-state index is -0.632. The average molecular weight is 237 g/mol. The number of ether oxygens (including phenoxy) is 1. The fraction of sp³-hybridized carbons (Fsp3) is 0.0909. The Hall–Kier alpha value is -2.24. The summed E-state index contributed by atoms with van der Waals surface area (Å²) >= 11 is 0. The van der Waals surface area contributed by atoms with Crippen molar-refractivity contribution in [3.63, 3.8) is 0 Å². The number of benzene rings is 1. The van der Waals surface area contributed by atoms with Gasteiger partial charge in [-0.25, -0.2) is 18.7 Å². The molecule has 0 saturated heterocycles. The van der Waals surface area contributed by atoms with Gasteiger partial charge in [0.25, 0.3) is 0 Å². The predicted octanol–water partition coefficient (Wildman–Crippen LogP) is 2.01. The Kier molecular flexibility index (Phi) is 2.86. The Morgan fingerprint density at radius 1 is 1.24 bits per heavy atom. The molecule has 0 unspecified atom stereocenters. The van der Waals surface area contributed by atoms with Crippen molar-refractivity contribution in [3.05, 3.63) is 36.0 Å². The molecule has 88 valence electrons. The lowest BCUT2D eigenvalue weighted by atomic mass is 10.1. The molecule has 6 heteroatoms. The number of halogens is 2. The van der Waals surface area contributed by atoms with E-state index < -0.39 is 11.6 Å². The van der Waals surface area contributed by atoms with Gasteiger partial charge < -0.3 is 10.5 Å². The molecule has 2 rings (SSSR count). The highest BCUT2D eigenvalue weighted by Crippen LogP contribution is 2.26. The summed E-state index contributed by atoms with van der Waals surface area (Å²) in [4.78, 5) is 7.27. The number of aromatic nitrogens is 2. The molecule has 2 aromatic rings. The summed E-state index contributed by atoms with van der Waals surface area (Å²) in [6.07, 6.45) is 0.966. The van der Waals surface area contributed by atoms with Gasteiger partial charge in [0, 0.05) is 5.56 Å². The number of nitrogens with two attached hydrogens (primary N) is 1. The van der Waals surface area contributed by atoms with Gasteiger partial charge in [0.05, 0.1) is 13.3 Å². The number of anilines is 1. The standard InChI is InChI=1S/C11H9F2N3O/c1-17-9-4-6(2-3-7(9)12)10-8(13)5-15-11(14)16-10/h2-5H,1H3,(H2,14,15,16). The normalized spacial score (nSPS) is 10.3. The van der Waals surface area contributed by atoms with E-state index in [1.165, 1.54) is 25.3 Å². The molecular weight excluding hydrogens is 228 g/mol. The number of nitrogen functional groups attached to an aromatic ring is 1. The second-order valence-electron chi connectivity index (χ2n) is 3.27. The SMILES string of the molecule is COc1cc(-c2nc(N)ncc2F)ccc1F. The van der Waals surface area contributed by atoms with Crippen LogP contribution >= 0.6 is 0 Å². The van der Waals surface area contributed by atoms with Crippen LogP contribution in [0.25, 0.3) is 11.3 Å². The van der Waals surface area contributed by atoms with Crippen molar-refractivity contribution in [2.75, 3.05) is 12.8 Å². The lowest BCUT2D eigenvalue weighted by Crippen LogP contribution is -1.99. The maximum absolute atomic E-state index is 13.5. The van der Waals surface area contributed by atoms with Crippen LogP contribution in [0.15, 0.2) is 24.4 Å². The van der Waals surface area contributed by atoms with Gasteiger partial charge in [-0.3, -0.25) is 0 Å². The topological polar surface area (TPSA) is 61.0 Å². The van der Waals surface area contributed by atoms with Gasteiger partial charge in [0.1, 0.15) is 5.69 Å². The maximum atomic E-state index is 13.5. The molecule has 4 nitrogen and oxygen atoms in total. The number of hydrogen-bond donors (Lipinski definition) is 1. The zero-order valence-corrected chi connectivity index (χ0v) is 8.95. The molecule has 2 N–H and O–H groups in total. The summed E-state index contributed by atoms with van der Waals surface area (Å²) < 4.78 is 31.5. The molecule has 17 heavy (non-hydrogen) atoms. The summed E-state index contributed by atoms with van der Waals surface area (Å²) in [5, 5.41) is 0. The lowest BCUT2D eigenvalue weighted by Gasteiger charge is -2.06. The third-order valence-corrected chi connectivity index (χ3v) is 2.19. The molecule has 0 saturated carbocycles. The van der Waals surface area contributed by atoms with Crippen molar-refractivity contribution in [2.45, 2.75) is 0 Å². The summed E-state index contributed by atoms with van der Waals surface area (Å²) in [5.74, 6) is -1.20. The second-order valence-corrected chi connectivity index (χ2v) is 3.27. The third-order valence-electron chi connectivity index (χ3n) is 2.19. The second kappa shape index (κ2) is 4.32. The van der Waals surface area contributed by atoms with E-state index >= 15 is 0 Å². The van der Waals surface area contributed by atoms with E-state index in [0.717, 1.165) is 6.20 Å². The molecule has 1 aromatic carbocycles. The zero-order chi connectivity index (χ0) is 12.4. The number of hydrogen-bond acceptors (Lipinski definition) is 4. The van der Waals surface area contributed by atoms with Crippen LogP contribution in [0, 0.1) is 11.6 Å². The Bertz CT molecular complexity index is 560. The van der Waals surface area contributed by atoms with Gasteiger partial charge in [-0.1, -0.05) is 0 Å². The Labute approximate surface area is 96.1 Å². The van der Waals surface area contributed by atoms with Crippen LogP contribution in [0.1, 0.15) is 0 Å². The van der Waals surface area contributed by atoms with E-state index in [-0.39, 0.29) is 17.4 Å². The Balaban J connectivity index is 2.56. The number of rotatable bonds is 2. The van der Waals surface area contributed by atoms with Gasteiger partial charge in [-0.15, -0.1) is 0 Å². The molecule has 0 atom stereocenters. The number of nitrogens with zero attached hydrogens (tertiary/aromatic N) is 2. The maximum Gasteiger partial charge on any atom is 0.220 e. The molecule has 0 bridgehead atoms. The molecule has 0 aliphatic carbocycles. The predicted molar refractivity (Wildman–Crippen MR) is 58.3 cm³/mol. The van der Waals surface area contributed by atoms with Gasteiger partial charge >= 0.3 is 0 Å². The van der Waals surface area contributed by atoms with Crippen LogP contribution in [0.3, 0.4) is 0 Å². The highest BCUT2D eigenvalue weighted by Gasteiger charge is 2.11. The summed E-state index contributed by atoms with van der Waals surface area (Å²) in [6, 6.07) is 3.91. The average Bonchev–Trinajstić information content (AvgIpc) is 2.33. The monoisotopic (exact) mass is 237 g/mol. The first-order valence-corrected chi connectivity index (χ1v) is 4.73. The van der Waals surface area contributed by atoms with Crippen LogP contribution in [-0.4, -0.2) is 17.1 Å². The van der Waals surface area contributed by atoms with E-state index in [1.807, 2.05) is 0 Å². The highest BCUT2D eigenvalue weighted by atomic mass is 19.1. The van der Waals surface area contributed by atoms with Crippen LogP contribution in [0.5, 0.6) is 5.75 Å². The molecule has 1 aromatic heterocycles.